The minimum atomic E-state index is 0.0798. The van der Waals surface area contributed by atoms with Crippen molar-refractivity contribution in [3.63, 3.8) is 0 Å². The Morgan fingerprint density at radius 3 is 2.23 bits per heavy atom. The topological polar surface area (TPSA) is 21.7 Å². The maximum atomic E-state index is 5.90. The predicted octanol–water partition coefficient (Wildman–Crippen LogP) is 5.35. The second-order valence-corrected chi connectivity index (χ2v) is 7.36. The quantitative estimate of drug-likeness (QED) is 0.350. The highest BCUT2D eigenvalue weighted by atomic mass is 16.5. The van der Waals surface area contributed by atoms with Crippen LogP contribution in [0.25, 0.3) is 0 Å². The van der Waals surface area contributed by atoms with Crippen LogP contribution in [0.3, 0.4) is 0 Å². The summed E-state index contributed by atoms with van der Waals surface area (Å²) in [6.45, 7) is 5.21. The molecule has 3 aromatic carbocycles. The van der Waals surface area contributed by atoms with Gasteiger partial charge in [-0.25, -0.2) is 0 Å². The molecule has 0 radical (unpaired) electrons. The highest BCUT2D eigenvalue weighted by Crippen LogP contribution is 2.17. The number of hydrogen-bond acceptors (Lipinski definition) is 3. The van der Waals surface area contributed by atoms with Crippen molar-refractivity contribution in [2.24, 2.45) is 0 Å². The lowest BCUT2D eigenvalue weighted by atomic mass is 10.0. The Kier molecular flexibility index (Phi) is 8.34. The molecule has 158 valence electrons. The molecule has 3 nitrogen and oxygen atoms in total. The van der Waals surface area contributed by atoms with Gasteiger partial charge in [0.05, 0.1) is 13.2 Å². The molecule has 0 heterocycles. The number of hydrogen-bond donors (Lipinski definition) is 0. The first kappa shape index (κ1) is 22.2. The predicted molar refractivity (Wildman–Crippen MR) is 127 cm³/mol. The average molecular weight is 412 g/mol. The van der Waals surface area contributed by atoms with Gasteiger partial charge in [0, 0.05) is 12.1 Å². The monoisotopic (exact) mass is 411 g/mol. The van der Waals surface area contributed by atoms with Crippen LogP contribution in [0.2, 0.25) is 0 Å². The SMILES string of the molecule is C=CCN(C)C(C#Cc1ccc(OC)cc1)Cc1ccc(OCc2ccccc2)cc1. The van der Waals surface area contributed by atoms with Crippen molar-refractivity contribution < 1.29 is 9.47 Å². The summed E-state index contributed by atoms with van der Waals surface area (Å²) in [5, 5.41) is 0. The van der Waals surface area contributed by atoms with Crippen molar-refractivity contribution >= 4 is 0 Å². The number of nitrogens with zero attached hydrogens (tertiary/aromatic N) is 1. The van der Waals surface area contributed by atoms with E-state index in [1.165, 1.54) is 5.56 Å². The zero-order valence-corrected chi connectivity index (χ0v) is 18.3. The largest absolute Gasteiger partial charge is 0.497 e. The van der Waals surface area contributed by atoms with Gasteiger partial charge in [0.15, 0.2) is 0 Å². The molecule has 3 aromatic rings. The third-order valence-corrected chi connectivity index (χ3v) is 5.02. The fourth-order valence-electron chi connectivity index (χ4n) is 3.17. The van der Waals surface area contributed by atoms with E-state index in [4.69, 9.17) is 9.47 Å². The van der Waals surface area contributed by atoms with Crippen molar-refractivity contribution in [3.8, 4) is 23.3 Å². The van der Waals surface area contributed by atoms with Crippen molar-refractivity contribution in [3.05, 3.63) is 108 Å². The molecule has 0 aliphatic heterocycles. The minimum Gasteiger partial charge on any atom is -0.497 e. The number of likely N-dealkylation sites (N-methyl/N-ethyl adjacent to an activating group) is 1. The highest BCUT2D eigenvalue weighted by Gasteiger charge is 2.12. The molecule has 0 bridgehead atoms. The molecule has 0 fully saturated rings. The van der Waals surface area contributed by atoms with Crippen LogP contribution < -0.4 is 9.47 Å². The van der Waals surface area contributed by atoms with E-state index >= 15 is 0 Å². The first-order valence-corrected chi connectivity index (χ1v) is 10.4. The van der Waals surface area contributed by atoms with Crippen LogP contribution >= 0.6 is 0 Å². The van der Waals surface area contributed by atoms with E-state index in [2.05, 4.69) is 54.6 Å². The molecule has 3 rings (SSSR count). The molecule has 1 unspecified atom stereocenters. The lowest BCUT2D eigenvalue weighted by molar-refractivity contribution is 0.305. The van der Waals surface area contributed by atoms with Crippen LogP contribution in [0.15, 0.2) is 91.5 Å². The van der Waals surface area contributed by atoms with Crippen LogP contribution in [0.1, 0.15) is 16.7 Å². The summed E-state index contributed by atoms with van der Waals surface area (Å²) >= 11 is 0. The first-order chi connectivity index (χ1) is 15.2. The number of methoxy groups -OCH3 is 1. The number of rotatable bonds is 9. The summed E-state index contributed by atoms with van der Waals surface area (Å²) in [5.41, 5.74) is 3.35. The van der Waals surface area contributed by atoms with Gasteiger partial charge in [0.1, 0.15) is 18.1 Å². The lowest BCUT2D eigenvalue weighted by Gasteiger charge is -2.22. The van der Waals surface area contributed by atoms with Gasteiger partial charge in [-0.05, 0) is 61.0 Å². The zero-order chi connectivity index (χ0) is 21.9. The minimum absolute atomic E-state index is 0.0798. The second-order valence-electron chi connectivity index (χ2n) is 7.36. The van der Waals surface area contributed by atoms with E-state index in [1.807, 2.05) is 60.7 Å². The summed E-state index contributed by atoms with van der Waals surface area (Å²) in [6, 6.07) is 26.4. The van der Waals surface area contributed by atoms with E-state index < -0.39 is 0 Å². The Morgan fingerprint density at radius 1 is 0.903 bits per heavy atom. The molecule has 0 aromatic heterocycles. The summed E-state index contributed by atoms with van der Waals surface area (Å²) in [6.07, 6.45) is 2.73. The van der Waals surface area contributed by atoms with Gasteiger partial charge in [-0.1, -0.05) is 60.4 Å². The summed E-state index contributed by atoms with van der Waals surface area (Å²) in [4.78, 5) is 2.21. The molecule has 0 amide bonds. The summed E-state index contributed by atoms with van der Waals surface area (Å²) in [5.74, 6) is 8.43. The van der Waals surface area contributed by atoms with Gasteiger partial charge in [0.2, 0.25) is 0 Å². The molecule has 0 saturated heterocycles. The molecule has 0 aliphatic rings. The van der Waals surface area contributed by atoms with E-state index in [-0.39, 0.29) is 6.04 Å². The molecule has 1 atom stereocenters. The maximum absolute atomic E-state index is 5.90. The van der Waals surface area contributed by atoms with Gasteiger partial charge in [-0.15, -0.1) is 6.58 Å². The third kappa shape index (κ3) is 7.06. The fraction of sp³-hybridized carbons (Fsp3) is 0.214. The van der Waals surface area contributed by atoms with Gasteiger partial charge in [-0.2, -0.15) is 0 Å². The molecule has 31 heavy (non-hydrogen) atoms. The number of ether oxygens (including phenoxy) is 2. The van der Waals surface area contributed by atoms with Crippen LogP contribution in [-0.4, -0.2) is 31.6 Å². The van der Waals surface area contributed by atoms with E-state index in [1.54, 1.807) is 7.11 Å². The Hall–Kier alpha value is -3.48. The van der Waals surface area contributed by atoms with Crippen LogP contribution in [-0.2, 0) is 13.0 Å². The lowest BCUT2D eigenvalue weighted by Crippen LogP contribution is -2.32. The van der Waals surface area contributed by atoms with Crippen LogP contribution in [0, 0.1) is 11.8 Å². The van der Waals surface area contributed by atoms with Crippen molar-refractivity contribution in [2.75, 3.05) is 20.7 Å². The average Bonchev–Trinajstić information content (AvgIpc) is 2.82. The van der Waals surface area contributed by atoms with E-state index in [0.29, 0.717) is 6.61 Å². The molecule has 0 saturated carbocycles. The van der Waals surface area contributed by atoms with Gasteiger partial charge in [-0.3, -0.25) is 4.90 Å². The molecule has 0 aliphatic carbocycles. The third-order valence-electron chi connectivity index (χ3n) is 5.02. The molecule has 0 N–H and O–H groups in total. The fourth-order valence-corrected chi connectivity index (χ4v) is 3.17. The highest BCUT2D eigenvalue weighted by molar-refractivity contribution is 5.39. The summed E-state index contributed by atoms with van der Waals surface area (Å²) < 4.78 is 11.1. The van der Waals surface area contributed by atoms with Crippen molar-refractivity contribution in [1.82, 2.24) is 4.90 Å². The smallest absolute Gasteiger partial charge is 0.119 e. The molecular weight excluding hydrogens is 382 g/mol. The van der Waals surface area contributed by atoms with Gasteiger partial charge in [0.25, 0.3) is 0 Å². The van der Waals surface area contributed by atoms with Crippen LogP contribution in [0.5, 0.6) is 11.5 Å². The molecule has 0 spiro atoms. The Morgan fingerprint density at radius 2 is 1.58 bits per heavy atom. The Balaban J connectivity index is 1.66. The standard InChI is InChI=1S/C28H29NO2/c1-4-20-29(2)26(15-10-23-11-16-27(30-3)17-12-23)21-24-13-18-28(19-14-24)31-22-25-8-6-5-7-9-25/h4-9,11-14,16-19,26H,1,20-22H2,2-3H3. The Labute approximate surface area is 185 Å². The van der Waals surface area contributed by atoms with E-state index in [9.17, 15) is 0 Å². The zero-order valence-electron chi connectivity index (χ0n) is 18.3. The maximum Gasteiger partial charge on any atom is 0.119 e. The Bertz CT molecular complexity index is 999. The van der Waals surface area contributed by atoms with Gasteiger partial charge < -0.3 is 9.47 Å². The van der Waals surface area contributed by atoms with Crippen LogP contribution in [0.4, 0.5) is 0 Å². The van der Waals surface area contributed by atoms with Crippen molar-refractivity contribution in [1.29, 1.82) is 0 Å². The normalized spacial score (nSPS) is 11.3. The second kappa shape index (κ2) is 11.6. The first-order valence-electron chi connectivity index (χ1n) is 10.4. The summed E-state index contributed by atoms with van der Waals surface area (Å²) in [7, 11) is 3.74. The van der Waals surface area contributed by atoms with E-state index in [0.717, 1.165) is 35.6 Å². The molecule has 3 heteroatoms. The van der Waals surface area contributed by atoms with Crippen molar-refractivity contribution in [2.45, 2.75) is 19.1 Å². The van der Waals surface area contributed by atoms with Gasteiger partial charge >= 0.3 is 0 Å². The molecular formula is C28H29NO2. The number of benzene rings is 3.